The van der Waals surface area contributed by atoms with Gasteiger partial charge in [-0.3, -0.25) is 9.59 Å². The number of carbonyl (C=O) groups is 2. The molecule has 0 spiro atoms. The first-order valence-electron chi connectivity index (χ1n) is 5.76. The number of hydrogen-bond donors (Lipinski definition) is 2. The lowest BCUT2D eigenvalue weighted by Crippen LogP contribution is -2.38. The molecule has 7 heteroatoms. The summed E-state index contributed by atoms with van der Waals surface area (Å²) in [5.41, 5.74) is 0.193. The quantitative estimate of drug-likeness (QED) is 0.816. The van der Waals surface area contributed by atoms with E-state index in [1.54, 1.807) is 0 Å². The Morgan fingerprint density at radius 1 is 1.32 bits per heavy atom. The number of pyridine rings is 1. The molecule has 1 rings (SSSR count). The molecular weight excluding hydrogens is 289 g/mol. The average molecular weight is 304 g/mol. The Morgan fingerprint density at radius 3 is 2.63 bits per heavy atom. The van der Waals surface area contributed by atoms with Crippen LogP contribution in [0.4, 0.5) is 0 Å². The van der Waals surface area contributed by atoms with Crippen LogP contribution in [0.2, 0.25) is 10.2 Å². The predicted molar refractivity (Wildman–Crippen MR) is 74.4 cm³/mol. The van der Waals surface area contributed by atoms with Crippen molar-refractivity contribution in [3.05, 3.63) is 28.0 Å². The van der Waals surface area contributed by atoms with E-state index >= 15 is 0 Å². The Hall–Kier alpha value is -1.33. The second-order valence-electron chi connectivity index (χ2n) is 4.37. The number of carbonyl (C=O) groups excluding carboxylic acids is 2. The third-order valence-electron chi connectivity index (χ3n) is 2.18. The normalized spacial score (nSPS) is 10.4. The first-order chi connectivity index (χ1) is 8.90. The number of amides is 2. The van der Waals surface area contributed by atoms with Crippen LogP contribution in [0.1, 0.15) is 24.2 Å². The van der Waals surface area contributed by atoms with Gasteiger partial charge in [-0.1, -0.05) is 37.0 Å². The van der Waals surface area contributed by atoms with E-state index < -0.39 is 5.91 Å². The fourth-order valence-corrected chi connectivity index (χ4v) is 1.57. The molecule has 0 saturated carbocycles. The van der Waals surface area contributed by atoms with Gasteiger partial charge in [0.2, 0.25) is 5.91 Å². The SMILES string of the molecule is CC(C)CNC(=O)CNC(=O)c1cc(Cl)ncc1Cl. The van der Waals surface area contributed by atoms with Gasteiger partial charge in [-0.25, -0.2) is 4.98 Å². The van der Waals surface area contributed by atoms with Crippen molar-refractivity contribution >= 4 is 35.0 Å². The largest absolute Gasteiger partial charge is 0.354 e. The van der Waals surface area contributed by atoms with Crippen LogP contribution < -0.4 is 10.6 Å². The molecule has 0 fully saturated rings. The van der Waals surface area contributed by atoms with E-state index in [4.69, 9.17) is 23.2 Å². The molecule has 0 aliphatic heterocycles. The molecule has 19 heavy (non-hydrogen) atoms. The summed E-state index contributed by atoms with van der Waals surface area (Å²) in [5, 5.41) is 5.51. The number of nitrogens with one attached hydrogen (secondary N) is 2. The zero-order valence-corrected chi connectivity index (χ0v) is 12.2. The molecule has 0 atom stereocenters. The molecule has 104 valence electrons. The fourth-order valence-electron chi connectivity index (χ4n) is 1.22. The smallest absolute Gasteiger partial charge is 0.253 e. The van der Waals surface area contributed by atoms with Gasteiger partial charge in [0, 0.05) is 12.7 Å². The van der Waals surface area contributed by atoms with E-state index in [-0.39, 0.29) is 28.2 Å². The van der Waals surface area contributed by atoms with Gasteiger partial charge in [-0.15, -0.1) is 0 Å². The second-order valence-corrected chi connectivity index (χ2v) is 5.16. The number of aromatic nitrogens is 1. The standard InChI is InChI=1S/C12H15Cl2N3O2/c1-7(2)4-16-11(18)6-17-12(19)8-3-10(14)15-5-9(8)13/h3,5,7H,4,6H2,1-2H3,(H,16,18)(H,17,19). The summed E-state index contributed by atoms with van der Waals surface area (Å²) in [5.74, 6) is -0.361. The van der Waals surface area contributed by atoms with Crippen LogP contribution in [0.3, 0.4) is 0 Å². The van der Waals surface area contributed by atoms with Crippen LogP contribution >= 0.6 is 23.2 Å². The molecule has 2 N–H and O–H groups in total. The minimum atomic E-state index is -0.464. The molecule has 1 aromatic rings. The molecule has 0 unspecified atom stereocenters. The molecule has 0 aliphatic rings. The van der Waals surface area contributed by atoms with Gasteiger partial charge < -0.3 is 10.6 Å². The third kappa shape index (κ3) is 5.44. The summed E-state index contributed by atoms with van der Waals surface area (Å²) in [7, 11) is 0. The summed E-state index contributed by atoms with van der Waals surface area (Å²) in [4.78, 5) is 27.0. The van der Waals surface area contributed by atoms with Crippen LogP contribution in [0.15, 0.2) is 12.3 Å². The lowest BCUT2D eigenvalue weighted by molar-refractivity contribution is -0.120. The van der Waals surface area contributed by atoms with E-state index in [1.807, 2.05) is 13.8 Å². The van der Waals surface area contributed by atoms with E-state index in [0.29, 0.717) is 12.5 Å². The van der Waals surface area contributed by atoms with Crippen LogP contribution in [0.25, 0.3) is 0 Å². The van der Waals surface area contributed by atoms with Crippen molar-refractivity contribution in [3.8, 4) is 0 Å². The molecule has 1 aromatic heterocycles. The number of nitrogens with zero attached hydrogens (tertiary/aromatic N) is 1. The molecule has 0 aliphatic carbocycles. The van der Waals surface area contributed by atoms with Crippen molar-refractivity contribution in [3.63, 3.8) is 0 Å². The van der Waals surface area contributed by atoms with E-state index in [9.17, 15) is 9.59 Å². The van der Waals surface area contributed by atoms with Gasteiger partial charge in [-0.05, 0) is 12.0 Å². The minimum absolute atomic E-state index is 0.109. The number of halogens is 2. The van der Waals surface area contributed by atoms with Gasteiger partial charge in [0.05, 0.1) is 17.1 Å². The molecule has 5 nitrogen and oxygen atoms in total. The molecule has 0 aromatic carbocycles. The summed E-state index contributed by atoms with van der Waals surface area (Å²) in [6, 6.07) is 1.35. The second kappa shape index (κ2) is 7.31. The summed E-state index contributed by atoms with van der Waals surface area (Å²) in [6.45, 7) is 4.42. The van der Waals surface area contributed by atoms with Gasteiger partial charge in [-0.2, -0.15) is 0 Å². The summed E-state index contributed by atoms with van der Waals surface area (Å²) >= 11 is 11.5. The summed E-state index contributed by atoms with van der Waals surface area (Å²) < 4.78 is 0. The Morgan fingerprint density at radius 2 is 2.00 bits per heavy atom. The maximum atomic E-state index is 11.8. The van der Waals surface area contributed by atoms with Crippen LogP contribution in [-0.2, 0) is 4.79 Å². The topological polar surface area (TPSA) is 71.1 Å². The van der Waals surface area contributed by atoms with Crippen LogP contribution in [0, 0.1) is 5.92 Å². The molecule has 2 amide bonds. The molecule has 0 saturated heterocycles. The maximum absolute atomic E-state index is 11.8. The zero-order valence-electron chi connectivity index (χ0n) is 10.7. The van der Waals surface area contributed by atoms with Gasteiger partial charge >= 0.3 is 0 Å². The van der Waals surface area contributed by atoms with Crippen molar-refractivity contribution in [2.75, 3.05) is 13.1 Å². The van der Waals surface area contributed by atoms with E-state index in [0.717, 1.165) is 0 Å². The predicted octanol–water partition coefficient (Wildman–Crippen LogP) is 1.89. The maximum Gasteiger partial charge on any atom is 0.253 e. The first-order valence-corrected chi connectivity index (χ1v) is 6.51. The third-order valence-corrected chi connectivity index (χ3v) is 2.69. The van der Waals surface area contributed by atoms with E-state index in [2.05, 4.69) is 15.6 Å². The molecule has 0 bridgehead atoms. The zero-order chi connectivity index (χ0) is 14.4. The number of hydrogen-bond acceptors (Lipinski definition) is 3. The van der Waals surface area contributed by atoms with E-state index in [1.165, 1.54) is 12.3 Å². The van der Waals surface area contributed by atoms with Crippen LogP contribution in [0.5, 0.6) is 0 Å². The fraction of sp³-hybridized carbons (Fsp3) is 0.417. The van der Waals surface area contributed by atoms with Crippen molar-refractivity contribution in [2.24, 2.45) is 5.92 Å². The highest BCUT2D eigenvalue weighted by molar-refractivity contribution is 6.35. The van der Waals surface area contributed by atoms with Gasteiger partial charge in [0.1, 0.15) is 5.15 Å². The lowest BCUT2D eigenvalue weighted by atomic mass is 10.2. The highest BCUT2D eigenvalue weighted by atomic mass is 35.5. The minimum Gasteiger partial charge on any atom is -0.354 e. The highest BCUT2D eigenvalue weighted by Gasteiger charge is 2.12. The number of rotatable bonds is 5. The van der Waals surface area contributed by atoms with Crippen molar-refractivity contribution in [1.29, 1.82) is 0 Å². The Kier molecular flexibility index (Phi) is 6.05. The molecule has 0 radical (unpaired) electrons. The van der Waals surface area contributed by atoms with Gasteiger partial charge in [0.25, 0.3) is 5.91 Å². The lowest BCUT2D eigenvalue weighted by Gasteiger charge is -2.09. The average Bonchev–Trinajstić information content (AvgIpc) is 2.36. The molecular formula is C12H15Cl2N3O2. The first kappa shape index (κ1) is 15.7. The summed E-state index contributed by atoms with van der Waals surface area (Å²) in [6.07, 6.45) is 1.29. The highest BCUT2D eigenvalue weighted by Crippen LogP contribution is 2.17. The monoisotopic (exact) mass is 303 g/mol. The van der Waals surface area contributed by atoms with Crippen molar-refractivity contribution in [1.82, 2.24) is 15.6 Å². The Labute approximate surface area is 121 Å². The van der Waals surface area contributed by atoms with Crippen molar-refractivity contribution in [2.45, 2.75) is 13.8 Å². The Bertz CT molecular complexity index is 478. The van der Waals surface area contributed by atoms with Gasteiger partial charge in [0.15, 0.2) is 0 Å². The van der Waals surface area contributed by atoms with Crippen LogP contribution in [-0.4, -0.2) is 29.9 Å². The Balaban J connectivity index is 2.51. The molecule has 1 heterocycles. The van der Waals surface area contributed by atoms with Crippen molar-refractivity contribution < 1.29 is 9.59 Å².